The molecule has 0 heterocycles. The maximum Gasteiger partial charge on any atom is 0.319 e. The van der Waals surface area contributed by atoms with Crippen molar-refractivity contribution >= 4 is 39.6 Å². The number of sulfone groups is 3. The third-order valence-electron chi connectivity index (χ3n) is 11.3. The summed E-state index contributed by atoms with van der Waals surface area (Å²) in [6, 6.07) is 7.52. The topological polar surface area (TPSA) is 146 Å². The van der Waals surface area contributed by atoms with Gasteiger partial charge in [0.25, 0.3) is 3.41 Å². The Hall–Kier alpha value is -1.18. The lowest BCUT2D eigenvalue weighted by Crippen LogP contribution is -2.76. The molecule has 3 unspecified atom stereocenters. The highest BCUT2D eigenvalue weighted by Crippen LogP contribution is 2.59. The number of rotatable bonds is 31. The zero-order valence-electron chi connectivity index (χ0n) is 34.3. The van der Waals surface area contributed by atoms with Crippen LogP contribution in [-0.4, -0.2) is 59.6 Å². The van der Waals surface area contributed by atoms with Crippen LogP contribution in [0.2, 0.25) is 0 Å². The van der Waals surface area contributed by atoms with Gasteiger partial charge in [0.15, 0.2) is 34.3 Å². The Morgan fingerprint density at radius 2 is 1.08 bits per heavy atom. The first-order chi connectivity index (χ1) is 24.8. The summed E-state index contributed by atoms with van der Waals surface area (Å²) in [5.74, 6) is -2.28. The van der Waals surface area contributed by atoms with E-state index in [1.54, 1.807) is 32.0 Å². The molecule has 0 aliphatic rings. The number of para-hydroxylation sites is 1. The molecule has 0 saturated carbocycles. The second kappa shape index (κ2) is 22.5. The summed E-state index contributed by atoms with van der Waals surface area (Å²) in [5, 5.41) is 0. The van der Waals surface area contributed by atoms with Crippen molar-refractivity contribution in [2.45, 2.75) is 185 Å². The molecule has 0 spiro atoms. The van der Waals surface area contributed by atoms with Gasteiger partial charge in [-0.3, -0.25) is 0 Å². The largest absolute Gasteiger partial charge is 0.382 e. The molecule has 0 bridgehead atoms. The van der Waals surface area contributed by atoms with Crippen molar-refractivity contribution in [1.82, 2.24) is 0 Å². The van der Waals surface area contributed by atoms with E-state index >= 15 is 25.3 Å². The van der Waals surface area contributed by atoms with Crippen molar-refractivity contribution in [2.24, 2.45) is 11.3 Å². The minimum absolute atomic E-state index is 0.00582. The van der Waals surface area contributed by atoms with Gasteiger partial charge in [0.2, 0.25) is 0 Å². The highest BCUT2D eigenvalue weighted by molar-refractivity contribution is 8.26. The molecule has 13 heteroatoms. The standard InChI is InChI=1S/C40H74O9S4/c1-9-14-17-19-21-22-23-28-33-39(38(6,7)13-5,53(47,48)49-37-31-26-25-27-32-37)40(50(8,41)42,51(43,44)34-29-24-20-18-15-10-2)52(45,46)35-36(12-4)30-16-11-3/h25-27,31-32,36H,9-24,28-30,33-35H2,1-8H3. The van der Waals surface area contributed by atoms with E-state index in [0.29, 0.717) is 51.2 Å². The maximum absolute atomic E-state index is 15.5. The van der Waals surface area contributed by atoms with Gasteiger partial charge < -0.3 is 4.18 Å². The van der Waals surface area contributed by atoms with Crippen LogP contribution < -0.4 is 4.18 Å². The molecule has 0 aliphatic carbocycles. The van der Waals surface area contributed by atoms with E-state index in [-0.39, 0.29) is 25.0 Å². The Balaban J connectivity index is 4.42. The van der Waals surface area contributed by atoms with E-state index in [1.807, 2.05) is 6.92 Å². The van der Waals surface area contributed by atoms with Crippen LogP contribution >= 0.6 is 0 Å². The second-order valence-electron chi connectivity index (χ2n) is 15.8. The first-order valence-electron chi connectivity index (χ1n) is 20.4. The van der Waals surface area contributed by atoms with Crippen molar-refractivity contribution in [3.8, 4) is 5.75 Å². The van der Waals surface area contributed by atoms with Gasteiger partial charge in [-0.1, -0.05) is 169 Å². The van der Waals surface area contributed by atoms with Crippen molar-refractivity contribution in [1.29, 1.82) is 0 Å². The number of hydrogen-bond acceptors (Lipinski definition) is 9. The minimum atomic E-state index is -5.36. The summed E-state index contributed by atoms with van der Waals surface area (Å²) in [4.78, 5) is 0. The summed E-state index contributed by atoms with van der Waals surface area (Å²) < 4.78 is 122. The molecule has 0 radical (unpaired) electrons. The molecule has 0 aromatic heterocycles. The van der Waals surface area contributed by atoms with E-state index in [0.717, 1.165) is 57.8 Å². The van der Waals surface area contributed by atoms with Crippen LogP contribution in [0.5, 0.6) is 5.75 Å². The average Bonchev–Trinajstić information content (AvgIpc) is 3.07. The van der Waals surface area contributed by atoms with Gasteiger partial charge in [-0.2, -0.15) is 8.42 Å². The van der Waals surface area contributed by atoms with Crippen LogP contribution in [0, 0.1) is 11.3 Å². The number of benzene rings is 1. The van der Waals surface area contributed by atoms with Crippen LogP contribution in [0.25, 0.3) is 0 Å². The van der Waals surface area contributed by atoms with Crippen molar-refractivity contribution in [3.05, 3.63) is 30.3 Å². The van der Waals surface area contributed by atoms with E-state index in [2.05, 4.69) is 13.8 Å². The first kappa shape index (κ1) is 49.8. The van der Waals surface area contributed by atoms with Crippen LogP contribution in [0.4, 0.5) is 0 Å². The molecule has 3 atom stereocenters. The Morgan fingerprint density at radius 3 is 1.53 bits per heavy atom. The SMILES string of the molecule is CCCCCCCCCCC(C(C)(C)CC)(C(S(C)(=O)=O)(S(=O)(=O)CCCCCCCC)S(=O)(=O)CC(CC)CCCC)S(=O)(=O)Oc1ccccc1. The lowest BCUT2D eigenvalue weighted by Gasteiger charge is -2.53. The Kier molecular flexibility index (Phi) is 21.2. The van der Waals surface area contributed by atoms with Gasteiger partial charge in [-0.25, -0.2) is 25.3 Å². The lowest BCUT2D eigenvalue weighted by atomic mass is 9.74. The summed E-state index contributed by atoms with van der Waals surface area (Å²) >= 11 is 0. The molecule has 312 valence electrons. The molecule has 0 aliphatic heterocycles. The molecular weight excluding hydrogens is 753 g/mol. The van der Waals surface area contributed by atoms with Crippen molar-refractivity contribution in [2.75, 3.05) is 17.8 Å². The van der Waals surface area contributed by atoms with Crippen LogP contribution in [-0.2, 0) is 39.6 Å². The molecule has 0 N–H and O–H groups in total. The van der Waals surface area contributed by atoms with Gasteiger partial charge in [0.1, 0.15) is 5.75 Å². The minimum Gasteiger partial charge on any atom is -0.382 e. The van der Waals surface area contributed by atoms with Gasteiger partial charge in [-0.15, -0.1) is 0 Å². The van der Waals surface area contributed by atoms with E-state index < -0.39 is 77.0 Å². The molecule has 0 fully saturated rings. The predicted molar refractivity (Wildman–Crippen MR) is 222 cm³/mol. The van der Waals surface area contributed by atoms with E-state index in [9.17, 15) is 8.42 Å². The molecule has 0 saturated heterocycles. The van der Waals surface area contributed by atoms with Crippen LogP contribution in [0.1, 0.15) is 177 Å². The summed E-state index contributed by atoms with van der Waals surface area (Å²) in [5.41, 5.74) is -1.71. The van der Waals surface area contributed by atoms with Crippen LogP contribution in [0.3, 0.4) is 0 Å². The fraction of sp³-hybridized carbons (Fsp3) is 0.850. The van der Waals surface area contributed by atoms with E-state index in [4.69, 9.17) is 4.18 Å². The fourth-order valence-corrected chi connectivity index (χ4v) is 23.1. The van der Waals surface area contributed by atoms with Gasteiger partial charge in [-0.05, 0) is 49.1 Å². The molecule has 53 heavy (non-hydrogen) atoms. The second-order valence-corrected chi connectivity index (χ2v) is 24.9. The molecule has 1 rings (SSSR count). The quantitative estimate of drug-likeness (QED) is 0.0527. The highest BCUT2D eigenvalue weighted by Gasteiger charge is 2.82. The van der Waals surface area contributed by atoms with E-state index in [1.165, 1.54) is 26.0 Å². The third kappa shape index (κ3) is 12.2. The summed E-state index contributed by atoms with van der Waals surface area (Å²) in [6.45, 7) is 12.6. The van der Waals surface area contributed by atoms with Gasteiger partial charge >= 0.3 is 10.1 Å². The van der Waals surface area contributed by atoms with Gasteiger partial charge in [0, 0.05) is 6.26 Å². The van der Waals surface area contributed by atoms with Crippen molar-refractivity contribution in [3.63, 3.8) is 0 Å². The summed E-state index contributed by atoms with van der Waals surface area (Å²) in [7, 11) is -21.2. The fourth-order valence-electron chi connectivity index (χ4n) is 7.97. The summed E-state index contributed by atoms with van der Waals surface area (Å²) in [6.07, 6.45) is 12.5. The molecule has 9 nitrogen and oxygen atoms in total. The molecule has 0 amide bonds. The lowest BCUT2D eigenvalue weighted by molar-refractivity contribution is 0.195. The number of hydrogen-bond donors (Lipinski definition) is 0. The monoisotopic (exact) mass is 826 g/mol. The molecule has 1 aromatic carbocycles. The van der Waals surface area contributed by atoms with Crippen LogP contribution in [0.15, 0.2) is 30.3 Å². The zero-order valence-corrected chi connectivity index (χ0v) is 37.6. The smallest absolute Gasteiger partial charge is 0.319 e. The molecule has 1 aromatic rings. The predicted octanol–water partition coefficient (Wildman–Crippen LogP) is 10.2. The molecular formula is C40H74O9S4. The number of unbranched alkanes of at least 4 members (excludes halogenated alkanes) is 13. The van der Waals surface area contributed by atoms with Gasteiger partial charge in [0.05, 0.1) is 11.5 Å². The average molecular weight is 827 g/mol. The van der Waals surface area contributed by atoms with Crippen molar-refractivity contribution < 1.29 is 37.9 Å². The Bertz CT molecular complexity index is 1620. The zero-order chi connectivity index (χ0) is 40.5. The normalized spacial score (nSPS) is 16.2. The Labute approximate surface area is 326 Å². The highest BCUT2D eigenvalue weighted by atomic mass is 32.3. The third-order valence-corrected chi connectivity index (χ3v) is 24.3. The first-order valence-corrected chi connectivity index (χ1v) is 27.0. The Morgan fingerprint density at radius 1 is 0.604 bits per heavy atom. The maximum atomic E-state index is 15.5.